The Morgan fingerprint density at radius 2 is 1.89 bits per heavy atom. The lowest BCUT2D eigenvalue weighted by Gasteiger charge is -2.21. The second kappa shape index (κ2) is 8.07. The lowest BCUT2D eigenvalue weighted by atomic mass is 10.1. The van der Waals surface area contributed by atoms with Gasteiger partial charge in [0.2, 0.25) is 5.95 Å². The topological polar surface area (TPSA) is 84.0 Å². The van der Waals surface area contributed by atoms with Gasteiger partial charge in [0.15, 0.2) is 9.84 Å². The highest BCUT2D eigenvalue weighted by atomic mass is 32.2. The fourth-order valence-corrected chi connectivity index (χ4v) is 5.19. The zero-order valence-corrected chi connectivity index (χ0v) is 17.9. The number of aryl methyl sites for hydroxylation is 1. The molecule has 152 valence electrons. The Hall–Kier alpha value is -2.15. The monoisotopic (exact) mass is 402 g/mol. The number of benzene rings is 1. The van der Waals surface area contributed by atoms with Gasteiger partial charge in [0, 0.05) is 23.0 Å². The maximum absolute atomic E-state index is 12.8. The van der Waals surface area contributed by atoms with Crippen molar-refractivity contribution in [2.75, 3.05) is 16.4 Å². The summed E-state index contributed by atoms with van der Waals surface area (Å²) in [5, 5.41) is 6.50. The van der Waals surface area contributed by atoms with Gasteiger partial charge in [-0.25, -0.2) is 13.4 Å². The van der Waals surface area contributed by atoms with Crippen LogP contribution >= 0.6 is 0 Å². The molecule has 0 saturated heterocycles. The first-order valence-corrected chi connectivity index (χ1v) is 11.5. The molecule has 0 spiro atoms. The molecule has 6 nitrogen and oxygen atoms in total. The molecule has 1 aromatic carbocycles. The average Bonchev–Trinajstić information content (AvgIpc) is 3.09. The molecule has 0 aliphatic heterocycles. The molecule has 1 aliphatic rings. The number of rotatable bonds is 6. The van der Waals surface area contributed by atoms with Gasteiger partial charge in [-0.3, -0.25) is 0 Å². The van der Waals surface area contributed by atoms with E-state index in [2.05, 4.69) is 20.6 Å². The molecule has 3 rings (SSSR count). The summed E-state index contributed by atoms with van der Waals surface area (Å²) >= 11 is 0. The Labute approximate surface area is 168 Å². The second-order valence-electron chi connectivity index (χ2n) is 8.68. The minimum absolute atomic E-state index is 0.152. The molecule has 0 amide bonds. The van der Waals surface area contributed by atoms with E-state index in [0.717, 1.165) is 31.2 Å². The minimum Gasteiger partial charge on any atom is -0.350 e. The molecular weight excluding hydrogens is 372 g/mol. The third kappa shape index (κ3) is 5.44. The van der Waals surface area contributed by atoms with Crippen molar-refractivity contribution in [3.8, 4) is 0 Å². The van der Waals surface area contributed by atoms with Crippen LogP contribution in [-0.4, -0.2) is 29.7 Å². The third-order valence-corrected chi connectivity index (χ3v) is 6.73. The Morgan fingerprint density at radius 3 is 2.57 bits per heavy atom. The van der Waals surface area contributed by atoms with Gasteiger partial charge in [0.05, 0.1) is 10.6 Å². The van der Waals surface area contributed by atoms with Gasteiger partial charge in [0.1, 0.15) is 5.82 Å². The summed E-state index contributed by atoms with van der Waals surface area (Å²) in [5.41, 5.74) is 1.44. The summed E-state index contributed by atoms with van der Waals surface area (Å²) in [6.45, 7) is 8.05. The first-order valence-electron chi connectivity index (χ1n) is 9.84. The lowest BCUT2D eigenvalue weighted by Crippen LogP contribution is -2.27. The molecule has 2 aromatic rings. The molecule has 0 unspecified atom stereocenters. The van der Waals surface area contributed by atoms with Gasteiger partial charge < -0.3 is 10.6 Å². The molecule has 1 aliphatic carbocycles. The molecule has 2 N–H and O–H groups in total. The van der Waals surface area contributed by atoms with Crippen LogP contribution in [0, 0.1) is 12.8 Å². The fraction of sp³-hybridized carbons (Fsp3) is 0.524. The highest BCUT2D eigenvalue weighted by molar-refractivity contribution is 7.91. The Balaban J connectivity index is 1.80. The lowest BCUT2D eigenvalue weighted by molar-refractivity contribution is 0.559. The molecule has 1 saturated carbocycles. The quantitative estimate of drug-likeness (QED) is 0.728. The smallest absolute Gasteiger partial charge is 0.225 e. The van der Waals surface area contributed by atoms with Gasteiger partial charge in [-0.05, 0) is 64.7 Å². The summed E-state index contributed by atoms with van der Waals surface area (Å²) in [4.78, 5) is 9.23. The fourth-order valence-electron chi connectivity index (χ4n) is 3.45. The van der Waals surface area contributed by atoms with E-state index in [1.54, 1.807) is 24.4 Å². The summed E-state index contributed by atoms with van der Waals surface area (Å²) in [5.74, 6) is 1.72. The maximum Gasteiger partial charge on any atom is 0.225 e. The molecule has 1 fully saturated rings. The van der Waals surface area contributed by atoms with E-state index >= 15 is 0 Å². The molecule has 0 radical (unpaired) electrons. The summed E-state index contributed by atoms with van der Waals surface area (Å²) < 4.78 is 25.6. The van der Waals surface area contributed by atoms with Gasteiger partial charge in [0.25, 0.3) is 0 Å². The van der Waals surface area contributed by atoms with Crippen LogP contribution in [0.5, 0.6) is 0 Å². The van der Waals surface area contributed by atoms with Crippen LogP contribution < -0.4 is 10.6 Å². The van der Waals surface area contributed by atoms with Crippen molar-refractivity contribution < 1.29 is 8.42 Å². The van der Waals surface area contributed by atoms with Crippen LogP contribution in [0.3, 0.4) is 0 Å². The minimum atomic E-state index is -3.29. The Kier molecular flexibility index (Phi) is 5.93. The summed E-state index contributed by atoms with van der Waals surface area (Å²) in [6.07, 6.45) is 6.06. The SMILES string of the molecule is Cc1cnc(NC(C)(C)C)nc1Nc1cccc(S(=O)(=O)CC2CCCC2)c1. The third-order valence-electron chi connectivity index (χ3n) is 4.84. The molecule has 28 heavy (non-hydrogen) atoms. The van der Waals surface area contributed by atoms with E-state index in [-0.39, 0.29) is 17.2 Å². The van der Waals surface area contributed by atoms with E-state index in [9.17, 15) is 8.42 Å². The van der Waals surface area contributed by atoms with Crippen molar-refractivity contribution >= 4 is 27.3 Å². The average molecular weight is 403 g/mol. The van der Waals surface area contributed by atoms with E-state index < -0.39 is 9.84 Å². The number of hydrogen-bond donors (Lipinski definition) is 2. The van der Waals surface area contributed by atoms with Crippen LogP contribution in [0.25, 0.3) is 0 Å². The van der Waals surface area contributed by atoms with Crippen LogP contribution in [0.15, 0.2) is 35.4 Å². The first kappa shape index (κ1) is 20.6. The normalized spacial score (nSPS) is 15.6. The second-order valence-corrected chi connectivity index (χ2v) is 10.7. The van der Waals surface area contributed by atoms with Crippen LogP contribution in [0.2, 0.25) is 0 Å². The van der Waals surface area contributed by atoms with Gasteiger partial charge in [-0.2, -0.15) is 4.98 Å². The number of nitrogens with zero attached hydrogens (tertiary/aromatic N) is 2. The molecule has 0 bridgehead atoms. The van der Waals surface area contributed by atoms with Crippen LogP contribution in [0.1, 0.15) is 52.0 Å². The van der Waals surface area contributed by atoms with E-state index in [4.69, 9.17) is 0 Å². The first-order chi connectivity index (χ1) is 13.1. The van der Waals surface area contributed by atoms with Crippen molar-refractivity contribution in [1.82, 2.24) is 9.97 Å². The number of nitrogens with one attached hydrogen (secondary N) is 2. The zero-order chi connectivity index (χ0) is 20.4. The predicted molar refractivity (Wildman–Crippen MR) is 114 cm³/mol. The molecule has 1 aromatic heterocycles. The van der Waals surface area contributed by atoms with Crippen molar-refractivity contribution in [3.05, 3.63) is 36.0 Å². The molecule has 7 heteroatoms. The van der Waals surface area contributed by atoms with E-state index in [1.165, 1.54) is 0 Å². The molecule has 0 atom stereocenters. The summed E-state index contributed by atoms with van der Waals surface area (Å²) in [6, 6.07) is 7.00. The number of hydrogen-bond acceptors (Lipinski definition) is 6. The Bertz CT molecular complexity index is 930. The molecular formula is C21H30N4O2S. The highest BCUT2D eigenvalue weighted by Gasteiger charge is 2.24. The van der Waals surface area contributed by atoms with Crippen molar-refractivity contribution in [1.29, 1.82) is 0 Å². The Morgan fingerprint density at radius 1 is 1.18 bits per heavy atom. The van der Waals surface area contributed by atoms with Gasteiger partial charge >= 0.3 is 0 Å². The molecule has 1 heterocycles. The summed E-state index contributed by atoms with van der Waals surface area (Å²) in [7, 11) is -3.29. The van der Waals surface area contributed by atoms with Crippen LogP contribution in [0.4, 0.5) is 17.5 Å². The van der Waals surface area contributed by atoms with E-state index in [1.807, 2.05) is 33.8 Å². The van der Waals surface area contributed by atoms with Gasteiger partial charge in [-0.1, -0.05) is 18.9 Å². The van der Waals surface area contributed by atoms with Crippen LogP contribution in [-0.2, 0) is 9.84 Å². The zero-order valence-electron chi connectivity index (χ0n) is 17.1. The predicted octanol–water partition coefficient (Wildman–Crippen LogP) is 4.70. The van der Waals surface area contributed by atoms with E-state index in [0.29, 0.717) is 22.3 Å². The van der Waals surface area contributed by atoms with Crippen molar-refractivity contribution in [3.63, 3.8) is 0 Å². The standard InChI is InChI=1S/C21H30N4O2S/c1-15-13-22-20(25-21(2,3)4)24-19(15)23-17-10-7-11-18(12-17)28(26,27)14-16-8-5-6-9-16/h7,10-13,16H,5-6,8-9,14H2,1-4H3,(H2,22,23,24,25). The highest BCUT2D eigenvalue weighted by Crippen LogP contribution is 2.29. The number of sulfone groups is 1. The van der Waals surface area contributed by atoms with Crippen molar-refractivity contribution in [2.24, 2.45) is 5.92 Å². The van der Waals surface area contributed by atoms with Gasteiger partial charge in [-0.15, -0.1) is 0 Å². The van der Waals surface area contributed by atoms with Crippen molar-refractivity contribution in [2.45, 2.75) is 63.8 Å². The number of aromatic nitrogens is 2. The number of anilines is 3. The largest absolute Gasteiger partial charge is 0.350 e. The maximum atomic E-state index is 12.8.